The van der Waals surface area contributed by atoms with E-state index in [1.165, 1.54) is 0 Å². The third-order valence-corrected chi connectivity index (χ3v) is 9.20. The van der Waals surface area contributed by atoms with Crippen LogP contribution in [0, 0.1) is 11.3 Å². The average molecular weight is 588 g/mol. The standard InChI is InChI=1S/C30H33N7O2S2/c1-40-29-25(20-31)27(22-5-3-9-32-21-22)28(41-29)26-8-10-33-30(35-26)34-23-6-2-7-24(19-23)39-18-4-11-36-12-14-37(15-13-36)16-17-38/h2-3,5-10,19,21,38H,4,11-18H2,1H3,(H,33,34,35). The molecule has 0 atom stereocenters. The van der Waals surface area contributed by atoms with Crippen LogP contribution in [0.4, 0.5) is 11.6 Å². The first-order valence-corrected chi connectivity index (χ1v) is 15.6. The minimum absolute atomic E-state index is 0.225. The highest BCUT2D eigenvalue weighted by molar-refractivity contribution is 8.00. The number of aliphatic hydroxyl groups is 1. The zero-order valence-corrected chi connectivity index (χ0v) is 24.6. The largest absolute Gasteiger partial charge is 0.493 e. The molecule has 2 N–H and O–H groups in total. The summed E-state index contributed by atoms with van der Waals surface area (Å²) in [5.74, 6) is 1.26. The number of aromatic nitrogens is 3. The van der Waals surface area contributed by atoms with Crippen LogP contribution >= 0.6 is 23.1 Å². The van der Waals surface area contributed by atoms with Crippen molar-refractivity contribution in [2.24, 2.45) is 0 Å². The molecule has 11 heteroatoms. The summed E-state index contributed by atoms with van der Waals surface area (Å²) in [6, 6.07) is 15.9. The Morgan fingerprint density at radius 3 is 2.66 bits per heavy atom. The van der Waals surface area contributed by atoms with Crippen molar-refractivity contribution in [1.29, 1.82) is 5.26 Å². The van der Waals surface area contributed by atoms with Crippen molar-refractivity contribution in [3.8, 4) is 33.5 Å². The molecule has 0 amide bonds. The van der Waals surface area contributed by atoms with Crippen molar-refractivity contribution in [3.63, 3.8) is 0 Å². The molecule has 0 spiro atoms. The van der Waals surface area contributed by atoms with Crippen molar-refractivity contribution in [3.05, 3.63) is 66.6 Å². The Kier molecular flexibility index (Phi) is 10.2. The summed E-state index contributed by atoms with van der Waals surface area (Å²) < 4.78 is 6.99. The Labute approximate surface area is 248 Å². The van der Waals surface area contributed by atoms with Gasteiger partial charge in [-0.25, -0.2) is 9.97 Å². The van der Waals surface area contributed by atoms with Crippen LogP contribution in [0.15, 0.2) is 65.3 Å². The number of nitrogens with one attached hydrogen (secondary N) is 1. The molecule has 0 aliphatic carbocycles. The topological polar surface area (TPSA) is 110 Å². The second-order valence-electron chi connectivity index (χ2n) is 9.55. The van der Waals surface area contributed by atoms with Gasteiger partial charge in [-0.3, -0.25) is 9.88 Å². The summed E-state index contributed by atoms with van der Waals surface area (Å²) in [6.07, 6.45) is 8.16. The number of aliphatic hydroxyl groups excluding tert-OH is 1. The maximum Gasteiger partial charge on any atom is 0.227 e. The number of nitriles is 1. The lowest BCUT2D eigenvalue weighted by atomic mass is 10.0. The number of pyridine rings is 1. The van der Waals surface area contributed by atoms with Gasteiger partial charge in [0.15, 0.2) is 0 Å². The molecule has 4 heterocycles. The van der Waals surface area contributed by atoms with E-state index in [9.17, 15) is 5.26 Å². The van der Waals surface area contributed by atoms with Crippen LogP contribution in [0.5, 0.6) is 5.75 Å². The maximum absolute atomic E-state index is 9.95. The lowest BCUT2D eigenvalue weighted by molar-refractivity contribution is 0.108. The van der Waals surface area contributed by atoms with Crippen LogP contribution in [0.1, 0.15) is 12.0 Å². The predicted molar refractivity (Wildman–Crippen MR) is 165 cm³/mol. The minimum Gasteiger partial charge on any atom is -0.493 e. The van der Waals surface area contributed by atoms with E-state index in [0.29, 0.717) is 18.1 Å². The number of anilines is 2. The van der Waals surface area contributed by atoms with Crippen LogP contribution in [-0.2, 0) is 0 Å². The van der Waals surface area contributed by atoms with Gasteiger partial charge < -0.3 is 20.1 Å². The monoisotopic (exact) mass is 587 g/mol. The highest BCUT2D eigenvalue weighted by atomic mass is 32.2. The maximum atomic E-state index is 9.95. The molecule has 0 unspecified atom stereocenters. The SMILES string of the molecule is CSc1sc(-c2ccnc(Nc3cccc(OCCCN4CCN(CCO)CC4)c3)n2)c(-c2cccnc2)c1C#N. The molecule has 1 aromatic carbocycles. The average Bonchev–Trinajstić information content (AvgIpc) is 3.40. The number of rotatable bonds is 12. The molecule has 41 heavy (non-hydrogen) atoms. The van der Waals surface area contributed by atoms with E-state index in [2.05, 4.69) is 31.2 Å². The second kappa shape index (κ2) is 14.4. The van der Waals surface area contributed by atoms with Gasteiger partial charge in [0.05, 0.1) is 33.6 Å². The van der Waals surface area contributed by atoms with Gasteiger partial charge in [-0.15, -0.1) is 23.1 Å². The van der Waals surface area contributed by atoms with Crippen molar-refractivity contribution >= 4 is 34.7 Å². The molecular formula is C30H33N7O2S2. The Bertz CT molecular complexity index is 1470. The molecule has 1 fully saturated rings. The fraction of sp³-hybridized carbons (Fsp3) is 0.333. The summed E-state index contributed by atoms with van der Waals surface area (Å²) in [5.41, 5.74) is 3.96. The van der Waals surface area contributed by atoms with Gasteiger partial charge in [0.25, 0.3) is 0 Å². The number of hydrogen-bond acceptors (Lipinski definition) is 11. The quantitative estimate of drug-likeness (QED) is 0.174. The number of benzene rings is 1. The van der Waals surface area contributed by atoms with Crippen molar-refractivity contribution in [2.45, 2.75) is 10.6 Å². The molecule has 1 saturated heterocycles. The Morgan fingerprint density at radius 1 is 1.10 bits per heavy atom. The Hall–Kier alpha value is -3.53. The first-order valence-electron chi connectivity index (χ1n) is 13.6. The lowest BCUT2D eigenvalue weighted by Crippen LogP contribution is -2.47. The van der Waals surface area contributed by atoms with E-state index >= 15 is 0 Å². The smallest absolute Gasteiger partial charge is 0.227 e. The van der Waals surface area contributed by atoms with Gasteiger partial charge in [0.1, 0.15) is 11.8 Å². The summed E-state index contributed by atoms with van der Waals surface area (Å²) in [6.45, 7) is 6.71. The second-order valence-corrected chi connectivity index (χ2v) is 11.6. The van der Waals surface area contributed by atoms with E-state index in [0.717, 1.165) is 83.0 Å². The van der Waals surface area contributed by atoms with Crippen LogP contribution in [0.2, 0.25) is 0 Å². The van der Waals surface area contributed by atoms with E-state index < -0.39 is 0 Å². The van der Waals surface area contributed by atoms with Crippen LogP contribution in [0.3, 0.4) is 0 Å². The Morgan fingerprint density at radius 2 is 1.93 bits per heavy atom. The van der Waals surface area contributed by atoms with Crippen molar-refractivity contribution in [1.82, 2.24) is 24.8 Å². The zero-order chi connectivity index (χ0) is 28.4. The molecule has 212 valence electrons. The van der Waals surface area contributed by atoms with E-state index in [4.69, 9.17) is 14.8 Å². The fourth-order valence-corrected chi connectivity index (χ4v) is 6.73. The zero-order valence-electron chi connectivity index (χ0n) is 23.0. The number of thiophene rings is 1. The molecule has 9 nitrogen and oxygen atoms in total. The number of piperazine rings is 1. The molecule has 0 saturated carbocycles. The number of thioether (sulfide) groups is 1. The first kappa shape index (κ1) is 29.0. The van der Waals surface area contributed by atoms with Crippen LogP contribution in [0.25, 0.3) is 21.7 Å². The molecule has 4 aromatic rings. The molecule has 3 aromatic heterocycles. The van der Waals surface area contributed by atoms with Gasteiger partial charge >= 0.3 is 0 Å². The van der Waals surface area contributed by atoms with Gasteiger partial charge in [0.2, 0.25) is 5.95 Å². The van der Waals surface area contributed by atoms with Gasteiger partial charge in [0, 0.05) is 80.7 Å². The highest BCUT2D eigenvalue weighted by Crippen LogP contribution is 2.45. The highest BCUT2D eigenvalue weighted by Gasteiger charge is 2.22. The third kappa shape index (κ3) is 7.41. The third-order valence-electron chi connectivity index (χ3n) is 6.87. The summed E-state index contributed by atoms with van der Waals surface area (Å²) in [7, 11) is 0. The van der Waals surface area contributed by atoms with E-state index in [1.807, 2.05) is 48.7 Å². The lowest BCUT2D eigenvalue weighted by Gasteiger charge is -2.34. The molecule has 1 aliphatic heterocycles. The number of nitrogens with zero attached hydrogens (tertiary/aromatic N) is 6. The van der Waals surface area contributed by atoms with E-state index in [-0.39, 0.29) is 6.61 Å². The first-order chi connectivity index (χ1) is 20.2. The van der Waals surface area contributed by atoms with Gasteiger partial charge in [-0.2, -0.15) is 5.26 Å². The van der Waals surface area contributed by atoms with Crippen LogP contribution < -0.4 is 10.1 Å². The number of β-amino-alcohol motifs (C(OH)–C–C–N with tert-alkyl or cyclic N) is 1. The molecule has 5 rings (SSSR count). The van der Waals surface area contributed by atoms with Gasteiger partial charge in [-0.05, 0) is 36.9 Å². The summed E-state index contributed by atoms with van der Waals surface area (Å²) in [5, 5.41) is 22.4. The molecular weight excluding hydrogens is 555 g/mol. The molecule has 1 aliphatic rings. The minimum atomic E-state index is 0.225. The van der Waals surface area contributed by atoms with E-state index in [1.54, 1.807) is 41.7 Å². The normalized spacial score (nSPS) is 14.1. The molecule has 0 radical (unpaired) electrons. The predicted octanol–water partition coefficient (Wildman–Crippen LogP) is 4.98. The molecule has 0 bridgehead atoms. The van der Waals surface area contributed by atoms with Crippen molar-refractivity contribution < 1.29 is 9.84 Å². The number of hydrogen-bond donors (Lipinski definition) is 2. The van der Waals surface area contributed by atoms with Crippen molar-refractivity contribution in [2.75, 3.05) is 64.1 Å². The summed E-state index contributed by atoms with van der Waals surface area (Å²) in [4.78, 5) is 19.2. The summed E-state index contributed by atoms with van der Waals surface area (Å²) >= 11 is 3.12. The van der Waals surface area contributed by atoms with Crippen LogP contribution in [-0.4, -0.2) is 88.6 Å². The van der Waals surface area contributed by atoms with Gasteiger partial charge in [-0.1, -0.05) is 12.1 Å². The Balaban J connectivity index is 1.23. The number of ether oxygens (including phenoxy) is 1. The fourth-order valence-electron chi connectivity index (χ4n) is 4.82.